The average Bonchev–Trinajstić information content (AvgIpc) is 2.79. The monoisotopic (exact) mass is 430 g/mol. The van der Waals surface area contributed by atoms with Crippen molar-refractivity contribution < 1.29 is 14.3 Å². The predicted molar refractivity (Wildman–Crippen MR) is 124 cm³/mol. The van der Waals surface area contributed by atoms with Crippen molar-refractivity contribution in [1.82, 2.24) is 0 Å². The van der Waals surface area contributed by atoms with Crippen molar-refractivity contribution >= 4 is 45.6 Å². The Bertz CT molecular complexity index is 1240. The lowest BCUT2D eigenvalue weighted by Gasteiger charge is -2.12. The minimum absolute atomic E-state index is 0.190. The Hall–Kier alpha value is -3.83. The zero-order valence-corrected chi connectivity index (χ0v) is 17.2. The lowest BCUT2D eigenvalue weighted by Crippen LogP contribution is -2.21. The van der Waals surface area contributed by atoms with E-state index in [0.717, 1.165) is 10.8 Å². The summed E-state index contributed by atoms with van der Waals surface area (Å²) in [5.41, 5.74) is 1.39. The highest BCUT2D eigenvalue weighted by Crippen LogP contribution is 2.26. The standard InChI is InChI=1S/C25H19ClN2O3/c26-21-14-13-18(25(30)27-19-9-2-1-3-10-19)15-22(21)28-24(29)16-31-23-12-6-8-17-7-4-5-11-20(17)23/h1-15H,16H2,(H,27,30)(H,28,29). The molecule has 4 aromatic carbocycles. The lowest BCUT2D eigenvalue weighted by molar-refractivity contribution is -0.118. The molecule has 0 unspecified atom stereocenters. The summed E-state index contributed by atoms with van der Waals surface area (Å²) in [5, 5.41) is 7.80. The van der Waals surface area contributed by atoms with E-state index < -0.39 is 0 Å². The molecule has 5 nitrogen and oxygen atoms in total. The van der Waals surface area contributed by atoms with Crippen LogP contribution in [0.2, 0.25) is 5.02 Å². The van der Waals surface area contributed by atoms with Gasteiger partial charge in [0.2, 0.25) is 0 Å². The number of hydrogen-bond acceptors (Lipinski definition) is 3. The summed E-state index contributed by atoms with van der Waals surface area (Å²) in [6.45, 7) is -0.190. The third-order valence-electron chi connectivity index (χ3n) is 4.64. The Kier molecular flexibility index (Phi) is 6.15. The van der Waals surface area contributed by atoms with Crippen molar-refractivity contribution in [3.8, 4) is 5.75 Å². The van der Waals surface area contributed by atoms with E-state index >= 15 is 0 Å². The Morgan fingerprint density at radius 2 is 1.55 bits per heavy atom. The molecule has 0 heterocycles. The molecule has 0 bridgehead atoms. The van der Waals surface area contributed by atoms with Gasteiger partial charge in [0.05, 0.1) is 10.7 Å². The van der Waals surface area contributed by atoms with E-state index in [9.17, 15) is 9.59 Å². The molecule has 0 aromatic heterocycles. The number of nitrogens with one attached hydrogen (secondary N) is 2. The van der Waals surface area contributed by atoms with Gasteiger partial charge in [-0.3, -0.25) is 9.59 Å². The van der Waals surface area contributed by atoms with Gasteiger partial charge in [0, 0.05) is 16.6 Å². The van der Waals surface area contributed by atoms with Crippen LogP contribution in [0.15, 0.2) is 91.0 Å². The Morgan fingerprint density at radius 3 is 2.39 bits per heavy atom. The summed E-state index contributed by atoms with van der Waals surface area (Å²) in [6.07, 6.45) is 0. The highest BCUT2D eigenvalue weighted by atomic mass is 35.5. The number of anilines is 2. The average molecular weight is 431 g/mol. The first kappa shape index (κ1) is 20.4. The summed E-state index contributed by atoms with van der Waals surface area (Å²) < 4.78 is 5.72. The van der Waals surface area contributed by atoms with Crippen LogP contribution in [-0.2, 0) is 4.79 Å². The van der Waals surface area contributed by atoms with E-state index in [1.54, 1.807) is 24.3 Å². The van der Waals surface area contributed by atoms with Crippen molar-refractivity contribution in [1.29, 1.82) is 0 Å². The maximum Gasteiger partial charge on any atom is 0.262 e. The number of benzene rings is 4. The van der Waals surface area contributed by atoms with Crippen molar-refractivity contribution in [2.45, 2.75) is 0 Å². The van der Waals surface area contributed by atoms with Crippen molar-refractivity contribution in [3.05, 3.63) is 102 Å². The number of carbonyl (C=O) groups excluding carboxylic acids is 2. The molecular formula is C25H19ClN2O3. The van der Waals surface area contributed by atoms with Crippen LogP contribution in [0.25, 0.3) is 10.8 Å². The summed E-state index contributed by atoms with van der Waals surface area (Å²) >= 11 is 6.21. The van der Waals surface area contributed by atoms with Gasteiger partial charge in [-0.05, 0) is 41.8 Å². The maximum absolute atomic E-state index is 12.5. The number of ether oxygens (including phenoxy) is 1. The fraction of sp³-hybridized carbons (Fsp3) is 0.0400. The molecule has 2 amide bonds. The first-order chi connectivity index (χ1) is 15.1. The third-order valence-corrected chi connectivity index (χ3v) is 4.97. The largest absolute Gasteiger partial charge is 0.483 e. The first-order valence-electron chi connectivity index (χ1n) is 9.66. The summed E-state index contributed by atoms with van der Waals surface area (Å²) in [5.74, 6) is -0.0591. The van der Waals surface area contributed by atoms with Gasteiger partial charge in [0.1, 0.15) is 5.75 Å². The lowest BCUT2D eigenvalue weighted by atomic mass is 10.1. The SMILES string of the molecule is O=C(COc1cccc2ccccc12)Nc1cc(C(=O)Nc2ccccc2)ccc1Cl. The Labute approximate surface area is 184 Å². The van der Waals surface area contributed by atoms with E-state index in [0.29, 0.717) is 27.7 Å². The topological polar surface area (TPSA) is 67.4 Å². The van der Waals surface area contributed by atoms with Crippen LogP contribution in [0.3, 0.4) is 0 Å². The Balaban J connectivity index is 1.43. The second-order valence-corrected chi connectivity index (χ2v) is 7.24. The van der Waals surface area contributed by atoms with Gasteiger partial charge in [-0.2, -0.15) is 0 Å². The highest BCUT2D eigenvalue weighted by molar-refractivity contribution is 6.34. The zero-order valence-electron chi connectivity index (χ0n) is 16.5. The fourth-order valence-electron chi connectivity index (χ4n) is 3.14. The molecule has 0 aliphatic heterocycles. The fourth-order valence-corrected chi connectivity index (χ4v) is 3.30. The van der Waals surface area contributed by atoms with Gasteiger partial charge in [-0.1, -0.05) is 66.2 Å². The predicted octanol–water partition coefficient (Wildman–Crippen LogP) is 5.76. The number of carbonyl (C=O) groups is 2. The smallest absolute Gasteiger partial charge is 0.262 e. The minimum Gasteiger partial charge on any atom is -0.483 e. The van der Waals surface area contributed by atoms with Gasteiger partial charge in [-0.15, -0.1) is 0 Å². The molecule has 6 heteroatoms. The van der Waals surface area contributed by atoms with E-state index in [-0.39, 0.29) is 18.4 Å². The number of amides is 2. The molecule has 0 spiro atoms. The normalized spacial score (nSPS) is 10.5. The summed E-state index contributed by atoms with van der Waals surface area (Å²) in [4.78, 5) is 25.0. The van der Waals surface area contributed by atoms with Gasteiger partial charge >= 0.3 is 0 Å². The molecule has 0 atom stereocenters. The molecule has 2 N–H and O–H groups in total. The van der Waals surface area contributed by atoms with Gasteiger partial charge in [0.25, 0.3) is 11.8 Å². The second kappa shape index (κ2) is 9.32. The van der Waals surface area contributed by atoms with Crippen LogP contribution in [0, 0.1) is 0 Å². The molecular weight excluding hydrogens is 412 g/mol. The van der Waals surface area contributed by atoms with Gasteiger partial charge in [0.15, 0.2) is 6.61 Å². The molecule has 31 heavy (non-hydrogen) atoms. The molecule has 0 saturated carbocycles. The maximum atomic E-state index is 12.5. The number of hydrogen-bond donors (Lipinski definition) is 2. The molecule has 0 saturated heterocycles. The third kappa shape index (κ3) is 5.02. The molecule has 4 aromatic rings. The molecule has 0 fully saturated rings. The molecule has 0 aliphatic carbocycles. The number of para-hydroxylation sites is 1. The number of halogens is 1. The first-order valence-corrected chi connectivity index (χ1v) is 10.0. The molecule has 4 rings (SSSR count). The van der Waals surface area contributed by atoms with Crippen molar-refractivity contribution in [2.24, 2.45) is 0 Å². The Morgan fingerprint density at radius 1 is 0.806 bits per heavy atom. The van der Waals surface area contributed by atoms with Crippen LogP contribution in [0.5, 0.6) is 5.75 Å². The molecule has 0 aliphatic rings. The van der Waals surface area contributed by atoms with Crippen molar-refractivity contribution in [3.63, 3.8) is 0 Å². The van der Waals surface area contributed by atoms with Crippen LogP contribution in [0.1, 0.15) is 10.4 Å². The van der Waals surface area contributed by atoms with Crippen LogP contribution in [0.4, 0.5) is 11.4 Å². The summed E-state index contributed by atoms with van der Waals surface area (Å²) in [7, 11) is 0. The van der Waals surface area contributed by atoms with Crippen LogP contribution in [-0.4, -0.2) is 18.4 Å². The molecule has 154 valence electrons. The van der Waals surface area contributed by atoms with Gasteiger partial charge in [-0.25, -0.2) is 0 Å². The number of fused-ring (bicyclic) bond motifs is 1. The van der Waals surface area contributed by atoms with Gasteiger partial charge < -0.3 is 15.4 Å². The highest BCUT2D eigenvalue weighted by Gasteiger charge is 2.12. The number of rotatable bonds is 6. The van der Waals surface area contributed by atoms with Crippen molar-refractivity contribution in [2.75, 3.05) is 17.2 Å². The quantitative estimate of drug-likeness (QED) is 0.408. The zero-order chi connectivity index (χ0) is 21.6. The van der Waals surface area contributed by atoms with Crippen LogP contribution >= 0.6 is 11.6 Å². The molecule has 0 radical (unpaired) electrons. The van der Waals surface area contributed by atoms with E-state index in [2.05, 4.69) is 10.6 Å². The van der Waals surface area contributed by atoms with E-state index in [4.69, 9.17) is 16.3 Å². The minimum atomic E-state index is -0.379. The van der Waals surface area contributed by atoms with E-state index in [1.807, 2.05) is 60.7 Å². The summed E-state index contributed by atoms with van der Waals surface area (Å²) in [6, 6.07) is 27.3. The second-order valence-electron chi connectivity index (χ2n) is 6.83. The van der Waals surface area contributed by atoms with E-state index in [1.165, 1.54) is 6.07 Å². The van der Waals surface area contributed by atoms with Crippen LogP contribution < -0.4 is 15.4 Å².